The molecule has 2 aromatic rings. The van der Waals surface area contributed by atoms with Crippen molar-refractivity contribution in [1.29, 1.82) is 0 Å². The summed E-state index contributed by atoms with van der Waals surface area (Å²) in [4.78, 5) is 0. The van der Waals surface area contributed by atoms with E-state index in [1.165, 1.54) is 0 Å². The first-order valence-corrected chi connectivity index (χ1v) is 7.81. The number of anilines is 1. The standard InChI is InChI=1S/C21H19N3/c22-21-19(17-13-9-5-2-1-3-6-10-14-17)20(23-24-21)18-15-11-7-4-8-12-16-18/h1-16H,(H3,22,23,24)/b2-1?,3-1?,5-2?,6-3?,7-4-,8-4?,9-5?,10-6?,11-7?,12-8-,13-9?,14-10?,15-11-,16-12?,17-13?,17-14?,18-15?,18-16+. The lowest BCUT2D eigenvalue weighted by Gasteiger charge is -2.04. The molecule has 0 unspecified atom stereocenters. The van der Waals surface area contributed by atoms with Gasteiger partial charge in [-0.2, -0.15) is 5.10 Å². The van der Waals surface area contributed by atoms with E-state index in [9.17, 15) is 0 Å². The highest BCUT2D eigenvalue weighted by Crippen LogP contribution is 2.32. The molecule has 0 spiro atoms. The second-order valence-electron chi connectivity index (χ2n) is 5.25. The van der Waals surface area contributed by atoms with Crippen molar-refractivity contribution in [2.24, 2.45) is 0 Å². The number of nitrogens with one attached hydrogen (secondary N) is 1. The largest absolute Gasteiger partial charge is 0.384 e. The average molecular weight is 313 g/mol. The van der Waals surface area contributed by atoms with Gasteiger partial charge in [-0.15, -0.1) is 0 Å². The highest BCUT2D eigenvalue weighted by Gasteiger charge is 2.14. The number of nitrogens with two attached hydrogens (primary N) is 1. The Kier molecular flexibility index (Phi) is 5.05. The third-order valence-corrected chi connectivity index (χ3v) is 3.57. The maximum absolute atomic E-state index is 6.18. The van der Waals surface area contributed by atoms with Crippen LogP contribution < -0.4 is 5.73 Å². The van der Waals surface area contributed by atoms with Crippen LogP contribution in [0.2, 0.25) is 0 Å². The summed E-state index contributed by atoms with van der Waals surface area (Å²) in [6.07, 6.45) is 14.0. The SMILES string of the molecule is Nc1[nH]nc(C2=C/C=C\C=C/C=C\2)c1-c1ccccccccc1. The summed E-state index contributed by atoms with van der Waals surface area (Å²) < 4.78 is 0. The molecule has 1 aliphatic rings. The van der Waals surface area contributed by atoms with Gasteiger partial charge in [-0.1, -0.05) is 97.1 Å². The summed E-state index contributed by atoms with van der Waals surface area (Å²) in [5.74, 6) is 0.557. The third kappa shape index (κ3) is 3.70. The first-order valence-electron chi connectivity index (χ1n) is 7.81. The van der Waals surface area contributed by atoms with Gasteiger partial charge in [-0.05, 0) is 5.56 Å². The second-order valence-corrected chi connectivity index (χ2v) is 5.25. The zero-order chi connectivity index (χ0) is 16.6. The number of aromatic amines is 1. The Morgan fingerprint density at radius 1 is 0.750 bits per heavy atom. The monoisotopic (exact) mass is 313 g/mol. The van der Waals surface area contributed by atoms with Gasteiger partial charge in [0.15, 0.2) is 0 Å². The average Bonchev–Trinajstić information content (AvgIpc) is 2.94. The second kappa shape index (κ2) is 7.79. The van der Waals surface area contributed by atoms with Crippen LogP contribution in [-0.2, 0) is 0 Å². The van der Waals surface area contributed by atoms with Gasteiger partial charge in [-0.3, -0.25) is 5.10 Å². The zero-order valence-electron chi connectivity index (χ0n) is 13.3. The Morgan fingerprint density at radius 3 is 2.12 bits per heavy atom. The molecule has 3 rings (SSSR count). The molecule has 0 aliphatic heterocycles. The summed E-state index contributed by atoms with van der Waals surface area (Å²) in [5, 5.41) is 7.34. The molecule has 0 saturated carbocycles. The first-order chi connectivity index (χ1) is 11.9. The summed E-state index contributed by atoms with van der Waals surface area (Å²) >= 11 is 0. The minimum Gasteiger partial charge on any atom is -0.384 e. The Balaban J connectivity index is 2.15. The Bertz CT molecular complexity index is 856. The fourth-order valence-electron chi connectivity index (χ4n) is 2.44. The van der Waals surface area contributed by atoms with E-state index < -0.39 is 0 Å². The molecule has 3 heteroatoms. The Hall–Kier alpha value is -3.33. The number of hydrogen-bond acceptors (Lipinski definition) is 2. The lowest BCUT2D eigenvalue weighted by Crippen LogP contribution is -1.90. The normalized spacial score (nSPS) is 19.1. The van der Waals surface area contributed by atoms with Gasteiger partial charge in [0.25, 0.3) is 0 Å². The minimum absolute atomic E-state index is 0.557. The summed E-state index contributed by atoms with van der Waals surface area (Å²) in [5.41, 5.74) is 9.93. The Labute approximate surface area is 141 Å². The van der Waals surface area contributed by atoms with Gasteiger partial charge >= 0.3 is 0 Å². The van der Waals surface area contributed by atoms with Gasteiger partial charge < -0.3 is 5.73 Å². The highest BCUT2D eigenvalue weighted by molar-refractivity contribution is 5.89. The van der Waals surface area contributed by atoms with Crippen LogP contribution in [0.5, 0.6) is 0 Å². The van der Waals surface area contributed by atoms with Crippen molar-refractivity contribution in [2.45, 2.75) is 0 Å². The molecule has 0 radical (unpaired) electrons. The van der Waals surface area contributed by atoms with Crippen LogP contribution >= 0.6 is 0 Å². The molecule has 0 bridgehead atoms. The molecule has 3 N–H and O–H groups in total. The summed E-state index contributed by atoms with van der Waals surface area (Å²) in [6, 6.07) is 18.0. The van der Waals surface area contributed by atoms with Crippen LogP contribution in [-0.4, -0.2) is 10.2 Å². The lowest BCUT2D eigenvalue weighted by molar-refractivity contribution is 1.08. The highest BCUT2D eigenvalue weighted by atomic mass is 15.2. The van der Waals surface area contributed by atoms with Crippen LogP contribution in [0.4, 0.5) is 5.82 Å². The van der Waals surface area contributed by atoms with E-state index in [1.807, 2.05) is 97.1 Å². The molecule has 3 nitrogen and oxygen atoms in total. The zero-order valence-corrected chi connectivity index (χ0v) is 13.3. The number of aromatic nitrogens is 2. The number of rotatable bonds is 2. The van der Waals surface area contributed by atoms with Crippen LogP contribution in [0, 0.1) is 0 Å². The van der Waals surface area contributed by atoms with Gasteiger partial charge in [0, 0.05) is 5.57 Å². The van der Waals surface area contributed by atoms with E-state index in [0.29, 0.717) is 5.82 Å². The van der Waals surface area contributed by atoms with Crippen molar-refractivity contribution >= 4 is 11.4 Å². The van der Waals surface area contributed by atoms with E-state index in [1.54, 1.807) is 0 Å². The van der Waals surface area contributed by atoms with E-state index in [4.69, 9.17) is 5.73 Å². The lowest BCUT2D eigenvalue weighted by atomic mass is 10.0. The Morgan fingerprint density at radius 2 is 1.38 bits per heavy atom. The first kappa shape index (κ1) is 15.6. The predicted octanol–water partition coefficient (Wildman–Crippen LogP) is 4.85. The van der Waals surface area contributed by atoms with Crippen LogP contribution in [0.25, 0.3) is 16.7 Å². The number of nitrogens with zero attached hydrogens (tertiary/aromatic N) is 1. The maximum Gasteiger partial charge on any atom is 0.127 e. The van der Waals surface area contributed by atoms with Crippen molar-refractivity contribution in [3.8, 4) is 11.1 Å². The molecule has 1 heterocycles. The van der Waals surface area contributed by atoms with E-state index in [2.05, 4.69) is 10.2 Å². The van der Waals surface area contributed by atoms with E-state index in [0.717, 1.165) is 22.4 Å². The topological polar surface area (TPSA) is 54.7 Å². The third-order valence-electron chi connectivity index (χ3n) is 3.57. The van der Waals surface area contributed by atoms with Gasteiger partial charge in [0.2, 0.25) is 0 Å². The molecule has 1 aromatic heterocycles. The maximum atomic E-state index is 6.18. The van der Waals surface area contributed by atoms with E-state index in [-0.39, 0.29) is 0 Å². The summed E-state index contributed by atoms with van der Waals surface area (Å²) in [6.45, 7) is 0. The molecule has 1 aliphatic carbocycles. The molecule has 1 aromatic carbocycles. The molecule has 24 heavy (non-hydrogen) atoms. The number of allylic oxidation sites excluding steroid dienone is 8. The minimum atomic E-state index is 0.557. The van der Waals surface area contributed by atoms with Crippen LogP contribution in [0.15, 0.2) is 97.1 Å². The predicted molar refractivity (Wildman–Crippen MR) is 101 cm³/mol. The van der Waals surface area contributed by atoms with Gasteiger partial charge in [0.1, 0.15) is 11.5 Å². The van der Waals surface area contributed by atoms with Gasteiger partial charge in [0.05, 0.1) is 5.56 Å². The van der Waals surface area contributed by atoms with Crippen molar-refractivity contribution < 1.29 is 0 Å². The van der Waals surface area contributed by atoms with Crippen molar-refractivity contribution in [3.05, 3.63) is 103 Å². The van der Waals surface area contributed by atoms with E-state index >= 15 is 0 Å². The molecule has 0 fully saturated rings. The van der Waals surface area contributed by atoms with Crippen LogP contribution in [0.3, 0.4) is 0 Å². The molecule has 0 amide bonds. The summed E-state index contributed by atoms with van der Waals surface area (Å²) in [7, 11) is 0. The molecular weight excluding hydrogens is 294 g/mol. The van der Waals surface area contributed by atoms with Gasteiger partial charge in [-0.25, -0.2) is 0 Å². The quantitative estimate of drug-likeness (QED) is 0.832. The molecule has 118 valence electrons. The number of nitrogen functional groups attached to an aromatic ring is 1. The molecule has 0 atom stereocenters. The molecule has 0 saturated heterocycles. The number of hydrogen-bond donors (Lipinski definition) is 2. The fourth-order valence-corrected chi connectivity index (χ4v) is 2.44. The fraction of sp³-hybridized carbons (Fsp3) is 0. The van der Waals surface area contributed by atoms with Crippen molar-refractivity contribution in [2.75, 3.05) is 5.73 Å². The molecular formula is C21H19N3. The van der Waals surface area contributed by atoms with Crippen LogP contribution in [0.1, 0.15) is 5.69 Å². The van der Waals surface area contributed by atoms with Crippen molar-refractivity contribution in [3.63, 3.8) is 0 Å². The van der Waals surface area contributed by atoms with Crippen molar-refractivity contribution in [1.82, 2.24) is 10.2 Å². The smallest absolute Gasteiger partial charge is 0.127 e. The number of H-pyrrole nitrogens is 1.